The van der Waals surface area contributed by atoms with Crippen molar-refractivity contribution in [2.75, 3.05) is 17.2 Å². The zero-order valence-corrected chi connectivity index (χ0v) is 15.6. The van der Waals surface area contributed by atoms with Crippen LogP contribution in [0.2, 0.25) is 0 Å². The van der Waals surface area contributed by atoms with Gasteiger partial charge in [-0.1, -0.05) is 19.1 Å². The number of hydrogen-bond acceptors (Lipinski definition) is 6. The second-order valence-corrected chi connectivity index (χ2v) is 7.60. The number of rotatable bonds is 8. The lowest BCUT2D eigenvalue weighted by Crippen LogP contribution is -2.16. The fourth-order valence-electron chi connectivity index (χ4n) is 2.24. The van der Waals surface area contributed by atoms with E-state index in [0.717, 1.165) is 29.9 Å². The number of benzene rings is 1. The van der Waals surface area contributed by atoms with Gasteiger partial charge in [-0.15, -0.1) is 0 Å². The van der Waals surface area contributed by atoms with E-state index in [4.69, 9.17) is 5.14 Å². The van der Waals surface area contributed by atoms with Crippen molar-refractivity contribution in [3.05, 3.63) is 41.6 Å². The second-order valence-electron chi connectivity index (χ2n) is 6.04. The summed E-state index contributed by atoms with van der Waals surface area (Å²) >= 11 is 0. The molecule has 0 aliphatic carbocycles. The minimum Gasteiger partial charge on any atom is -0.367 e. The maximum absolute atomic E-state index is 11.2. The van der Waals surface area contributed by atoms with Crippen LogP contribution >= 0.6 is 0 Å². The number of aryl methyl sites for hydroxylation is 1. The monoisotopic (exact) mass is 363 g/mol. The Labute approximate surface area is 149 Å². The minimum absolute atomic E-state index is 0.118. The molecule has 1 aromatic carbocycles. The first-order valence-electron chi connectivity index (χ1n) is 8.25. The first kappa shape index (κ1) is 19.1. The van der Waals surface area contributed by atoms with Crippen molar-refractivity contribution < 1.29 is 8.42 Å². The van der Waals surface area contributed by atoms with Crippen LogP contribution in [0.4, 0.5) is 11.8 Å². The first-order chi connectivity index (χ1) is 11.8. The minimum atomic E-state index is -3.65. The largest absolute Gasteiger partial charge is 0.367 e. The van der Waals surface area contributed by atoms with Crippen LogP contribution in [0.25, 0.3) is 0 Å². The third-order valence-corrected chi connectivity index (χ3v) is 4.74. The molecule has 0 radical (unpaired) electrons. The third-order valence-electron chi connectivity index (χ3n) is 3.81. The molecule has 1 atom stereocenters. The van der Waals surface area contributed by atoms with Gasteiger partial charge in [-0.05, 0) is 44.4 Å². The Morgan fingerprint density at radius 2 is 1.88 bits per heavy atom. The number of nitrogens with zero attached hydrogens (tertiary/aromatic N) is 2. The topological polar surface area (TPSA) is 110 Å². The molecule has 2 aromatic rings. The molecule has 0 fully saturated rings. The number of nitrogens with two attached hydrogens (primary N) is 1. The van der Waals surface area contributed by atoms with E-state index in [1.807, 2.05) is 13.0 Å². The van der Waals surface area contributed by atoms with Crippen molar-refractivity contribution in [2.24, 2.45) is 5.14 Å². The molecule has 25 heavy (non-hydrogen) atoms. The van der Waals surface area contributed by atoms with Crippen molar-refractivity contribution >= 4 is 21.8 Å². The van der Waals surface area contributed by atoms with Crippen LogP contribution < -0.4 is 15.8 Å². The smallest absolute Gasteiger partial charge is 0.238 e. The summed E-state index contributed by atoms with van der Waals surface area (Å²) in [5.41, 5.74) is 1.89. The second kappa shape index (κ2) is 8.26. The number of primary sulfonamides is 1. The molecule has 0 aliphatic rings. The summed E-state index contributed by atoms with van der Waals surface area (Å²) in [6.07, 6.45) is 1.73. The Balaban J connectivity index is 1.95. The summed E-state index contributed by atoms with van der Waals surface area (Å²) in [5.74, 6) is 1.38. The van der Waals surface area contributed by atoms with Crippen LogP contribution in [0.5, 0.6) is 0 Å². The average molecular weight is 363 g/mol. The highest BCUT2D eigenvalue weighted by molar-refractivity contribution is 7.89. The summed E-state index contributed by atoms with van der Waals surface area (Å²) in [4.78, 5) is 8.97. The van der Waals surface area contributed by atoms with Gasteiger partial charge in [0.15, 0.2) is 0 Å². The lowest BCUT2D eigenvalue weighted by molar-refractivity contribution is 0.598. The van der Waals surface area contributed by atoms with Gasteiger partial charge in [-0.25, -0.2) is 18.5 Å². The Morgan fingerprint density at radius 3 is 2.48 bits per heavy atom. The SMILES string of the molecule is CCC(C)Nc1cc(C)nc(NCCc2ccc(S(N)(=O)=O)cc2)n1. The summed E-state index contributed by atoms with van der Waals surface area (Å²) in [5, 5.41) is 11.6. The number of nitrogens with one attached hydrogen (secondary N) is 2. The van der Waals surface area contributed by atoms with E-state index in [0.29, 0.717) is 18.5 Å². The van der Waals surface area contributed by atoms with Crippen molar-refractivity contribution in [3.8, 4) is 0 Å². The Bertz CT molecular complexity index is 806. The normalized spacial score (nSPS) is 12.6. The lowest BCUT2D eigenvalue weighted by atomic mass is 10.1. The van der Waals surface area contributed by atoms with Crippen molar-refractivity contribution in [1.82, 2.24) is 9.97 Å². The zero-order valence-electron chi connectivity index (χ0n) is 14.8. The van der Waals surface area contributed by atoms with Gasteiger partial charge in [-0.3, -0.25) is 0 Å². The number of aromatic nitrogens is 2. The highest BCUT2D eigenvalue weighted by atomic mass is 32.2. The maximum Gasteiger partial charge on any atom is 0.238 e. The van der Waals surface area contributed by atoms with Gasteiger partial charge in [0, 0.05) is 24.3 Å². The molecule has 0 saturated heterocycles. The standard InChI is InChI=1S/C17H25N5O2S/c1-4-12(2)20-16-11-13(3)21-17(22-16)19-10-9-14-5-7-15(8-6-14)25(18,23)24/h5-8,11-12H,4,9-10H2,1-3H3,(H2,18,23,24)(H2,19,20,21,22). The molecule has 0 bridgehead atoms. The van der Waals surface area contributed by atoms with E-state index in [1.54, 1.807) is 12.1 Å². The van der Waals surface area contributed by atoms with Gasteiger partial charge in [0.1, 0.15) is 5.82 Å². The molecular weight excluding hydrogens is 338 g/mol. The molecule has 7 nitrogen and oxygen atoms in total. The lowest BCUT2D eigenvalue weighted by Gasteiger charge is -2.14. The Kier molecular flexibility index (Phi) is 6.33. The maximum atomic E-state index is 11.2. The fourth-order valence-corrected chi connectivity index (χ4v) is 2.76. The molecule has 1 aromatic heterocycles. The highest BCUT2D eigenvalue weighted by Gasteiger charge is 2.07. The summed E-state index contributed by atoms with van der Waals surface area (Å²) in [6.45, 7) is 6.80. The van der Waals surface area contributed by atoms with Crippen LogP contribution in [0, 0.1) is 6.92 Å². The van der Waals surface area contributed by atoms with Crippen LogP contribution in [-0.2, 0) is 16.4 Å². The van der Waals surface area contributed by atoms with Gasteiger partial charge in [0.2, 0.25) is 16.0 Å². The van der Waals surface area contributed by atoms with E-state index in [1.165, 1.54) is 12.1 Å². The van der Waals surface area contributed by atoms with Crippen molar-refractivity contribution in [2.45, 2.75) is 44.6 Å². The predicted molar refractivity (Wildman–Crippen MR) is 100 cm³/mol. The van der Waals surface area contributed by atoms with Gasteiger partial charge in [0.05, 0.1) is 4.90 Å². The van der Waals surface area contributed by atoms with Gasteiger partial charge < -0.3 is 10.6 Å². The first-order valence-corrected chi connectivity index (χ1v) is 9.80. The molecule has 1 heterocycles. The number of sulfonamides is 1. The van der Waals surface area contributed by atoms with Crippen LogP contribution in [-0.4, -0.2) is 31.0 Å². The van der Waals surface area contributed by atoms with E-state index < -0.39 is 10.0 Å². The van der Waals surface area contributed by atoms with Gasteiger partial charge >= 0.3 is 0 Å². The van der Waals surface area contributed by atoms with E-state index in [-0.39, 0.29) is 4.90 Å². The molecule has 2 rings (SSSR count). The van der Waals surface area contributed by atoms with Crippen molar-refractivity contribution in [3.63, 3.8) is 0 Å². The van der Waals surface area contributed by atoms with E-state index in [9.17, 15) is 8.42 Å². The van der Waals surface area contributed by atoms with Crippen LogP contribution in [0.15, 0.2) is 35.2 Å². The Hall–Kier alpha value is -2.19. The van der Waals surface area contributed by atoms with Crippen LogP contribution in [0.3, 0.4) is 0 Å². The molecule has 1 unspecified atom stereocenters. The zero-order chi connectivity index (χ0) is 18.4. The summed E-state index contributed by atoms with van der Waals surface area (Å²) < 4.78 is 22.5. The molecule has 136 valence electrons. The number of anilines is 2. The third kappa shape index (κ3) is 5.99. The molecule has 4 N–H and O–H groups in total. The molecule has 8 heteroatoms. The Morgan fingerprint density at radius 1 is 1.20 bits per heavy atom. The summed E-state index contributed by atoms with van der Waals surface area (Å²) in [6, 6.07) is 8.82. The van der Waals surface area contributed by atoms with Gasteiger partial charge in [0.25, 0.3) is 0 Å². The fraction of sp³-hybridized carbons (Fsp3) is 0.412. The molecule has 0 saturated carbocycles. The molecule has 0 spiro atoms. The van der Waals surface area contributed by atoms with E-state index in [2.05, 4.69) is 34.4 Å². The summed E-state index contributed by atoms with van der Waals surface area (Å²) in [7, 11) is -3.65. The molecule has 0 amide bonds. The van der Waals surface area contributed by atoms with Gasteiger partial charge in [-0.2, -0.15) is 4.98 Å². The molecular formula is C17H25N5O2S. The average Bonchev–Trinajstić information content (AvgIpc) is 2.54. The molecule has 0 aliphatic heterocycles. The quantitative estimate of drug-likeness (QED) is 0.664. The van der Waals surface area contributed by atoms with E-state index >= 15 is 0 Å². The highest BCUT2D eigenvalue weighted by Crippen LogP contribution is 2.13. The predicted octanol–water partition coefficient (Wildman–Crippen LogP) is 2.30. The van der Waals surface area contributed by atoms with Crippen molar-refractivity contribution in [1.29, 1.82) is 0 Å². The number of hydrogen-bond donors (Lipinski definition) is 3. The van der Waals surface area contributed by atoms with Crippen LogP contribution in [0.1, 0.15) is 31.5 Å².